The van der Waals surface area contributed by atoms with Gasteiger partial charge in [-0.2, -0.15) is 0 Å². The van der Waals surface area contributed by atoms with Crippen molar-refractivity contribution >= 4 is 44.5 Å². The highest BCUT2D eigenvalue weighted by Crippen LogP contribution is 2.37. The lowest BCUT2D eigenvalue weighted by atomic mass is 9.86. The Morgan fingerprint density at radius 1 is 1.14 bits per heavy atom. The average molecular weight is 526 g/mol. The monoisotopic (exact) mass is 525 g/mol. The van der Waals surface area contributed by atoms with Crippen LogP contribution in [0.25, 0.3) is 0 Å². The minimum absolute atomic E-state index is 0.0513. The maximum absolute atomic E-state index is 15.0. The van der Waals surface area contributed by atoms with Gasteiger partial charge in [0.15, 0.2) is 21.5 Å². The van der Waals surface area contributed by atoms with Crippen LogP contribution in [0.2, 0.25) is 0 Å². The van der Waals surface area contributed by atoms with Crippen LogP contribution < -0.4 is 15.1 Å². The number of rotatable bonds is 6. The predicted octanol–water partition coefficient (Wildman–Crippen LogP) is 3.04. The largest absolute Gasteiger partial charge is 0.442 e. The summed E-state index contributed by atoms with van der Waals surface area (Å²) in [6.07, 6.45) is -0.0224. The van der Waals surface area contributed by atoms with Gasteiger partial charge in [0.2, 0.25) is 0 Å². The van der Waals surface area contributed by atoms with Gasteiger partial charge in [-0.1, -0.05) is 6.07 Å². The van der Waals surface area contributed by atoms with Crippen molar-refractivity contribution in [1.29, 1.82) is 0 Å². The van der Waals surface area contributed by atoms with Crippen molar-refractivity contribution in [3.63, 3.8) is 0 Å². The summed E-state index contributed by atoms with van der Waals surface area (Å²) in [5.41, 5.74) is -0.0869. The van der Waals surface area contributed by atoms with E-state index in [4.69, 9.17) is 4.74 Å². The molecule has 0 aliphatic carbocycles. The number of amides is 2. The third-order valence-corrected chi connectivity index (χ3v) is 9.62. The highest BCUT2D eigenvalue weighted by atomic mass is 32.2. The number of hydrogen-bond acceptors (Lipinski definition) is 7. The number of carbonyl (C=O) groups is 2. The van der Waals surface area contributed by atoms with Crippen molar-refractivity contribution in [2.75, 3.05) is 47.5 Å². The summed E-state index contributed by atoms with van der Waals surface area (Å²) in [7, 11) is -2.90. The van der Waals surface area contributed by atoms with E-state index in [9.17, 15) is 18.0 Å². The van der Waals surface area contributed by atoms with Crippen LogP contribution in [-0.2, 0) is 14.6 Å². The van der Waals surface area contributed by atoms with E-state index in [1.807, 2.05) is 0 Å². The van der Waals surface area contributed by atoms with E-state index >= 15 is 8.78 Å². The number of sulfone groups is 1. The Balaban J connectivity index is 1.20. The number of anilines is 2. The molecule has 4 heterocycles. The normalized spacial score (nSPS) is 22.7. The van der Waals surface area contributed by atoms with Gasteiger partial charge in [-0.05, 0) is 36.1 Å². The lowest BCUT2D eigenvalue weighted by molar-refractivity contribution is 0.0920. The van der Waals surface area contributed by atoms with Crippen LogP contribution in [0.4, 0.5) is 25.0 Å². The number of halogens is 2. The van der Waals surface area contributed by atoms with Gasteiger partial charge in [-0.15, -0.1) is 11.3 Å². The Labute approximate surface area is 205 Å². The van der Waals surface area contributed by atoms with Crippen LogP contribution in [0.1, 0.15) is 22.5 Å². The van der Waals surface area contributed by atoms with Gasteiger partial charge in [-0.3, -0.25) is 9.69 Å². The van der Waals surface area contributed by atoms with Crippen LogP contribution in [0, 0.1) is 23.5 Å². The summed E-state index contributed by atoms with van der Waals surface area (Å²) in [5, 5.41) is 4.48. The number of cyclic esters (lactones) is 1. The fourth-order valence-electron chi connectivity index (χ4n) is 5.02. The second kappa shape index (κ2) is 9.38. The highest BCUT2D eigenvalue weighted by Gasteiger charge is 2.40. The topological polar surface area (TPSA) is 96.0 Å². The molecule has 1 unspecified atom stereocenters. The molecule has 1 aromatic heterocycles. The molecule has 3 fully saturated rings. The molecule has 1 atom stereocenters. The van der Waals surface area contributed by atoms with E-state index in [1.54, 1.807) is 22.4 Å². The summed E-state index contributed by atoms with van der Waals surface area (Å²) in [6, 6.07) is 5.68. The Morgan fingerprint density at radius 3 is 2.43 bits per heavy atom. The molecule has 1 N–H and O–H groups in total. The first-order valence-corrected chi connectivity index (χ1v) is 14.1. The number of benzene rings is 1. The summed E-state index contributed by atoms with van der Waals surface area (Å²) < 4.78 is 58.2. The molecule has 3 aliphatic heterocycles. The van der Waals surface area contributed by atoms with Gasteiger partial charge >= 0.3 is 6.09 Å². The number of hydrogen-bond donors (Lipinski definition) is 1. The highest BCUT2D eigenvalue weighted by molar-refractivity contribution is 7.92. The smallest absolute Gasteiger partial charge is 0.414 e. The second-order valence-corrected chi connectivity index (χ2v) is 12.3. The molecule has 0 saturated carbocycles. The number of piperidine rings is 1. The molecule has 0 radical (unpaired) electrons. The van der Waals surface area contributed by atoms with Crippen molar-refractivity contribution in [2.45, 2.75) is 18.9 Å². The van der Waals surface area contributed by atoms with Gasteiger partial charge in [0.25, 0.3) is 5.91 Å². The summed E-state index contributed by atoms with van der Waals surface area (Å²) >= 11 is 1.29. The number of thiophene rings is 1. The Hall–Kier alpha value is -2.73. The zero-order chi connectivity index (χ0) is 24.7. The van der Waals surface area contributed by atoms with Crippen LogP contribution in [0.3, 0.4) is 0 Å². The molecule has 2 amide bonds. The second-order valence-electron chi connectivity index (χ2n) is 9.22. The quantitative estimate of drug-likeness (QED) is 0.623. The molecule has 0 bridgehead atoms. The third-order valence-electron chi connectivity index (χ3n) is 6.88. The first-order chi connectivity index (χ1) is 16.7. The molecule has 0 spiro atoms. The summed E-state index contributed by atoms with van der Waals surface area (Å²) in [5.74, 6) is -1.02. The van der Waals surface area contributed by atoms with Gasteiger partial charge in [0.1, 0.15) is 11.8 Å². The molecule has 35 heavy (non-hydrogen) atoms. The van der Waals surface area contributed by atoms with E-state index in [0.29, 0.717) is 30.8 Å². The fourth-order valence-corrected chi connectivity index (χ4v) is 7.41. The molecular weight excluding hydrogens is 500 g/mol. The molecule has 12 heteroatoms. The molecule has 5 rings (SSSR count). The SMILES string of the molecule is O=C(NCC1CN(c2cc(F)c(N3CCC(C4CS(=O)(=O)C4)CC3)c(F)c2)C(=O)O1)c1cccs1. The zero-order valence-corrected chi connectivity index (χ0v) is 20.4. The van der Waals surface area contributed by atoms with Crippen LogP contribution in [0.5, 0.6) is 0 Å². The standard InChI is InChI=1S/C23H25F2N3O5S2/c24-18-8-16(28-11-17(33-23(28)30)10-26-22(29)20-2-1-7-34-20)9-19(25)21(18)27-5-3-14(4-6-27)15-12-35(31,32)13-15/h1-2,7-9,14-15,17H,3-6,10-13H2,(H,26,29). The van der Waals surface area contributed by atoms with E-state index in [0.717, 1.165) is 17.0 Å². The van der Waals surface area contributed by atoms with Crippen molar-refractivity contribution in [3.8, 4) is 0 Å². The first-order valence-electron chi connectivity index (χ1n) is 11.4. The Kier molecular flexibility index (Phi) is 6.43. The van der Waals surface area contributed by atoms with Gasteiger partial charge in [0.05, 0.1) is 35.2 Å². The molecular formula is C23H25F2N3O5S2. The van der Waals surface area contributed by atoms with Crippen LogP contribution in [-0.4, -0.2) is 64.2 Å². The molecule has 3 aliphatic rings. The van der Waals surface area contributed by atoms with E-state index < -0.39 is 33.7 Å². The van der Waals surface area contributed by atoms with Gasteiger partial charge in [0, 0.05) is 25.2 Å². The fraction of sp³-hybridized carbons (Fsp3) is 0.478. The van der Waals surface area contributed by atoms with E-state index in [1.165, 1.54) is 11.3 Å². The van der Waals surface area contributed by atoms with Crippen molar-refractivity contribution in [3.05, 3.63) is 46.2 Å². The minimum atomic E-state index is -2.90. The number of nitrogens with one attached hydrogen (secondary N) is 1. The van der Waals surface area contributed by atoms with Crippen molar-refractivity contribution < 1.29 is 31.5 Å². The maximum atomic E-state index is 15.0. The number of nitrogens with zero attached hydrogens (tertiary/aromatic N) is 2. The summed E-state index contributed by atoms with van der Waals surface area (Å²) in [6.45, 7) is 1.01. The molecule has 188 valence electrons. The minimum Gasteiger partial charge on any atom is -0.442 e. The van der Waals surface area contributed by atoms with Gasteiger partial charge < -0.3 is 15.0 Å². The Bertz CT molecular complexity index is 1190. The maximum Gasteiger partial charge on any atom is 0.414 e. The Morgan fingerprint density at radius 2 is 1.83 bits per heavy atom. The lowest BCUT2D eigenvalue weighted by Crippen LogP contribution is -2.46. The lowest BCUT2D eigenvalue weighted by Gasteiger charge is -2.40. The van der Waals surface area contributed by atoms with Gasteiger partial charge in [-0.25, -0.2) is 22.0 Å². The van der Waals surface area contributed by atoms with Crippen molar-refractivity contribution in [1.82, 2.24) is 5.32 Å². The van der Waals surface area contributed by atoms with E-state index in [2.05, 4.69) is 5.32 Å². The average Bonchev–Trinajstić information content (AvgIpc) is 3.46. The predicted molar refractivity (Wildman–Crippen MR) is 128 cm³/mol. The first kappa shape index (κ1) is 24.0. The molecule has 2 aromatic rings. The summed E-state index contributed by atoms with van der Waals surface area (Å²) in [4.78, 5) is 27.8. The molecule has 8 nitrogen and oxygen atoms in total. The van der Waals surface area contributed by atoms with Crippen molar-refractivity contribution in [2.24, 2.45) is 11.8 Å². The zero-order valence-electron chi connectivity index (χ0n) is 18.8. The number of carbonyl (C=O) groups excluding carboxylic acids is 2. The third kappa shape index (κ3) is 4.99. The van der Waals surface area contributed by atoms with E-state index in [-0.39, 0.29) is 53.7 Å². The molecule has 1 aromatic carbocycles. The number of ether oxygens (including phenoxy) is 1. The van der Waals surface area contributed by atoms with Crippen LogP contribution >= 0.6 is 11.3 Å². The molecule has 3 saturated heterocycles. The van der Waals surface area contributed by atoms with Crippen LogP contribution in [0.15, 0.2) is 29.6 Å².